The molecule has 0 saturated carbocycles. The standard InChI is InChI=1S/C17H19ClN2O3S2/c1-2-19-25(22,23)16-9-5-14(6-10-16)20-17(21)11-12-24-15-7-3-13(18)4-8-15/h3-10,19H,2,11-12H2,1H3,(H,20,21). The number of nitrogens with one attached hydrogen (secondary N) is 2. The molecule has 0 aliphatic rings. The normalized spacial score (nSPS) is 11.3. The lowest BCUT2D eigenvalue weighted by atomic mass is 10.3. The monoisotopic (exact) mass is 398 g/mol. The van der Waals surface area contributed by atoms with Gasteiger partial charge in [0, 0.05) is 34.3 Å². The van der Waals surface area contributed by atoms with Gasteiger partial charge in [0.2, 0.25) is 15.9 Å². The van der Waals surface area contributed by atoms with E-state index in [1.807, 2.05) is 24.3 Å². The summed E-state index contributed by atoms with van der Waals surface area (Å²) >= 11 is 7.40. The number of hydrogen-bond donors (Lipinski definition) is 2. The molecule has 2 aromatic carbocycles. The van der Waals surface area contributed by atoms with Gasteiger partial charge >= 0.3 is 0 Å². The molecule has 0 fully saturated rings. The number of carbonyl (C=O) groups is 1. The molecule has 0 bridgehead atoms. The van der Waals surface area contributed by atoms with Gasteiger partial charge in [-0.25, -0.2) is 13.1 Å². The van der Waals surface area contributed by atoms with Crippen molar-refractivity contribution in [3.05, 3.63) is 53.6 Å². The minimum atomic E-state index is -3.48. The van der Waals surface area contributed by atoms with E-state index in [-0.39, 0.29) is 10.8 Å². The highest BCUT2D eigenvalue weighted by Crippen LogP contribution is 2.21. The summed E-state index contributed by atoms with van der Waals surface area (Å²) in [4.78, 5) is 13.2. The Morgan fingerprint density at radius 1 is 1.08 bits per heavy atom. The maximum atomic E-state index is 12.0. The molecule has 2 rings (SSSR count). The van der Waals surface area contributed by atoms with E-state index in [2.05, 4.69) is 10.0 Å². The number of halogens is 1. The summed E-state index contributed by atoms with van der Waals surface area (Å²) in [6.07, 6.45) is 0.352. The van der Waals surface area contributed by atoms with Crippen molar-refractivity contribution in [2.75, 3.05) is 17.6 Å². The van der Waals surface area contributed by atoms with Crippen LogP contribution in [0, 0.1) is 0 Å². The molecule has 8 heteroatoms. The fourth-order valence-electron chi connectivity index (χ4n) is 2.01. The largest absolute Gasteiger partial charge is 0.326 e. The lowest BCUT2D eigenvalue weighted by Gasteiger charge is -2.08. The predicted octanol–water partition coefficient (Wildman–Crippen LogP) is 3.76. The maximum absolute atomic E-state index is 12.0. The number of rotatable bonds is 8. The molecule has 0 aromatic heterocycles. The molecule has 5 nitrogen and oxygen atoms in total. The summed E-state index contributed by atoms with van der Waals surface area (Å²) in [7, 11) is -3.48. The van der Waals surface area contributed by atoms with Crippen molar-refractivity contribution in [2.24, 2.45) is 0 Å². The molecular formula is C17H19ClN2O3S2. The van der Waals surface area contributed by atoms with Crippen molar-refractivity contribution in [1.29, 1.82) is 0 Å². The Labute approximate surface area is 157 Å². The Kier molecular flexibility index (Phi) is 7.31. The third-order valence-electron chi connectivity index (χ3n) is 3.19. The van der Waals surface area contributed by atoms with E-state index in [0.717, 1.165) is 4.90 Å². The Morgan fingerprint density at radius 2 is 1.72 bits per heavy atom. The van der Waals surface area contributed by atoms with Crippen molar-refractivity contribution < 1.29 is 13.2 Å². The number of anilines is 1. The summed E-state index contributed by atoms with van der Waals surface area (Å²) in [5.41, 5.74) is 0.567. The highest BCUT2D eigenvalue weighted by atomic mass is 35.5. The summed E-state index contributed by atoms with van der Waals surface area (Å²) < 4.78 is 26.1. The zero-order valence-corrected chi connectivity index (χ0v) is 16.0. The number of benzene rings is 2. The molecule has 1 amide bonds. The van der Waals surface area contributed by atoms with E-state index in [1.54, 1.807) is 30.8 Å². The van der Waals surface area contributed by atoms with Gasteiger partial charge in [-0.05, 0) is 48.5 Å². The van der Waals surface area contributed by atoms with E-state index in [4.69, 9.17) is 11.6 Å². The summed E-state index contributed by atoms with van der Waals surface area (Å²) in [5, 5.41) is 3.44. The van der Waals surface area contributed by atoms with Crippen molar-refractivity contribution in [3.8, 4) is 0 Å². The Hall–Kier alpha value is -1.54. The Bertz CT molecular complexity index is 807. The second-order valence-corrected chi connectivity index (χ2v) is 8.50. The molecule has 0 radical (unpaired) electrons. The van der Waals surface area contributed by atoms with Crippen LogP contribution in [0.3, 0.4) is 0 Å². The van der Waals surface area contributed by atoms with Gasteiger partial charge in [0.1, 0.15) is 0 Å². The van der Waals surface area contributed by atoms with Crippen molar-refractivity contribution in [1.82, 2.24) is 4.72 Å². The van der Waals surface area contributed by atoms with Gasteiger partial charge in [0.25, 0.3) is 0 Å². The van der Waals surface area contributed by atoms with Crippen LogP contribution in [0.25, 0.3) is 0 Å². The minimum Gasteiger partial charge on any atom is -0.326 e. The van der Waals surface area contributed by atoms with E-state index in [9.17, 15) is 13.2 Å². The number of thioether (sulfide) groups is 1. The molecule has 0 aliphatic heterocycles. The SMILES string of the molecule is CCNS(=O)(=O)c1ccc(NC(=O)CCSc2ccc(Cl)cc2)cc1. The highest BCUT2D eigenvalue weighted by Gasteiger charge is 2.12. The number of sulfonamides is 1. The van der Waals surface area contributed by atoms with Gasteiger partial charge in [-0.2, -0.15) is 0 Å². The molecule has 0 saturated heterocycles. The summed E-state index contributed by atoms with van der Waals surface area (Å²) in [5.74, 6) is 0.518. The van der Waals surface area contributed by atoms with Gasteiger partial charge in [-0.1, -0.05) is 18.5 Å². The van der Waals surface area contributed by atoms with Gasteiger partial charge < -0.3 is 5.32 Å². The van der Waals surface area contributed by atoms with Crippen LogP contribution in [0.15, 0.2) is 58.3 Å². The highest BCUT2D eigenvalue weighted by molar-refractivity contribution is 7.99. The third kappa shape index (κ3) is 6.36. The van der Waals surface area contributed by atoms with Crippen LogP contribution in [-0.4, -0.2) is 26.6 Å². The molecule has 0 atom stereocenters. The first-order valence-corrected chi connectivity index (χ1v) is 10.5. The molecular weight excluding hydrogens is 380 g/mol. The topological polar surface area (TPSA) is 75.3 Å². The van der Waals surface area contributed by atoms with Gasteiger partial charge in [0.15, 0.2) is 0 Å². The summed E-state index contributed by atoms with van der Waals surface area (Å²) in [6, 6.07) is 13.5. The second kappa shape index (κ2) is 9.24. The smallest absolute Gasteiger partial charge is 0.240 e. The van der Waals surface area contributed by atoms with E-state index < -0.39 is 10.0 Å². The van der Waals surface area contributed by atoms with E-state index in [0.29, 0.717) is 29.4 Å². The first-order valence-electron chi connectivity index (χ1n) is 7.68. The molecule has 134 valence electrons. The van der Waals surface area contributed by atoms with Crippen molar-refractivity contribution in [2.45, 2.75) is 23.1 Å². The van der Waals surface area contributed by atoms with Crippen LogP contribution in [0.5, 0.6) is 0 Å². The number of amides is 1. The first-order chi connectivity index (χ1) is 11.9. The first kappa shape index (κ1) is 19.8. The van der Waals surface area contributed by atoms with E-state index in [1.165, 1.54) is 12.1 Å². The Morgan fingerprint density at radius 3 is 2.32 bits per heavy atom. The van der Waals surface area contributed by atoms with Gasteiger partial charge in [-0.15, -0.1) is 11.8 Å². The maximum Gasteiger partial charge on any atom is 0.240 e. The van der Waals surface area contributed by atoms with E-state index >= 15 is 0 Å². The lowest BCUT2D eigenvalue weighted by Crippen LogP contribution is -2.23. The second-order valence-electron chi connectivity index (χ2n) is 5.13. The number of hydrogen-bond acceptors (Lipinski definition) is 4. The third-order valence-corrected chi connectivity index (χ3v) is 6.02. The molecule has 0 aliphatic carbocycles. The Balaban J connectivity index is 1.83. The predicted molar refractivity (Wildman–Crippen MR) is 103 cm³/mol. The summed E-state index contributed by atoms with van der Waals surface area (Å²) in [6.45, 7) is 2.04. The van der Waals surface area contributed by atoms with Gasteiger partial charge in [-0.3, -0.25) is 4.79 Å². The molecule has 2 N–H and O–H groups in total. The lowest BCUT2D eigenvalue weighted by molar-refractivity contribution is -0.115. The van der Waals surface area contributed by atoms with Crippen LogP contribution >= 0.6 is 23.4 Å². The van der Waals surface area contributed by atoms with Crippen molar-refractivity contribution >= 4 is 45.0 Å². The zero-order valence-electron chi connectivity index (χ0n) is 13.7. The quantitative estimate of drug-likeness (QED) is 0.664. The molecule has 0 unspecified atom stereocenters. The van der Waals surface area contributed by atoms with Crippen LogP contribution < -0.4 is 10.0 Å². The van der Waals surface area contributed by atoms with Crippen LogP contribution in [-0.2, 0) is 14.8 Å². The van der Waals surface area contributed by atoms with Crippen LogP contribution in [0.2, 0.25) is 5.02 Å². The minimum absolute atomic E-state index is 0.122. The van der Waals surface area contributed by atoms with Crippen LogP contribution in [0.1, 0.15) is 13.3 Å². The molecule has 0 spiro atoms. The number of carbonyl (C=O) groups excluding carboxylic acids is 1. The molecule has 0 heterocycles. The molecule has 25 heavy (non-hydrogen) atoms. The van der Waals surface area contributed by atoms with Crippen molar-refractivity contribution in [3.63, 3.8) is 0 Å². The average Bonchev–Trinajstić information content (AvgIpc) is 2.57. The fraction of sp³-hybridized carbons (Fsp3) is 0.235. The average molecular weight is 399 g/mol. The van der Waals surface area contributed by atoms with Crippen LogP contribution in [0.4, 0.5) is 5.69 Å². The zero-order chi connectivity index (χ0) is 18.3. The molecule has 2 aromatic rings. The fourth-order valence-corrected chi connectivity index (χ4v) is 4.03. The van der Waals surface area contributed by atoms with Gasteiger partial charge in [0.05, 0.1) is 4.90 Å².